The summed E-state index contributed by atoms with van der Waals surface area (Å²) in [5.74, 6) is 0.614. The van der Waals surface area contributed by atoms with Gasteiger partial charge in [0.1, 0.15) is 0 Å². The zero-order valence-corrected chi connectivity index (χ0v) is 23.4. The summed E-state index contributed by atoms with van der Waals surface area (Å²) in [6.45, 7) is 4.88. The molecule has 1 aromatic heterocycles. The van der Waals surface area contributed by atoms with E-state index < -0.39 is 11.0 Å². The molecule has 1 aromatic carbocycles. The van der Waals surface area contributed by atoms with Crippen molar-refractivity contribution in [2.45, 2.75) is 77.4 Å². The van der Waals surface area contributed by atoms with E-state index in [9.17, 15) is 19.5 Å². The van der Waals surface area contributed by atoms with Gasteiger partial charge in [0.25, 0.3) is 11.5 Å². The zero-order chi connectivity index (χ0) is 27.5. The average Bonchev–Trinajstić information content (AvgIpc) is 2.90. The first-order valence-electron chi connectivity index (χ1n) is 14.0. The molecule has 7 heteroatoms. The molecule has 1 aliphatic carbocycles. The van der Waals surface area contributed by atoms with Crippen LogP contribution in [0, 0.1) is 11.3 Å². The van der Waals surface area contributed by atoms with Gasteiger partial charge in [0.2, 0.25) is 5.91 Å². The lowest BCUT2D eigenvalue weighted by molar-refractivity contribution is -0.154. The van der Waals surface area contributed by atoms with Gasteiger partial charge in [-0.1, -0.05) is 76.3 Å². The van der Waals surface area contributed by atoms with E-state index in [0.717, 1.165) is 12.0 Å². The first kappa shape index (κ1) is 28.1. The largest absolute Gasteiger partial charge is 0.387 e. The second-order valence-electron chi connectivity index (χ2n) is 12.2. The molecule has 0 radical (unpaired) electrons. The summed E-state index contributed by atoms with van der Waals surface area (Å²) in [5, 5.41) is 11.8. The summed E-state index contributed by atoms with van der Waals surface area (Å²) < 4.78 is 1.46. The third kappa shape index (κ3) is 6.04. The monoisotopic (exact) mass is 521 g/mol. The number of hydrogen-bond acceptors (Lipinski definition) is 4. The molecule has 2 amide bonds. The average molecular weight is 522 g/mol. The molecule has 1 saturated carbocycles. The third-order valence-electron chi connectivity index (χ3n) is 8.76. The molecule has 2 aromatic rings. The first-order chi connectivity index (χ1) is 18.0. The summed E-state index contributed by atoms with van der Waals surface area (Å²) in [6, 6.07) is 10.9. The predicted octanol–water partition coefficient (Wildman–Crippen LogP) is 4.57. The second kappa shape index (κ2) is 11.4. The van der Waals surface area contributed by atoms with Crippen LogP contribution in [0.1, 0.15) is 75.6 Å². The summed E-state index contributed by atoms with van der Waals surface area (Å²) in [4.78, 5) is 42.8. The molecule has 1 saturated heterocycles. The number of piperidine rings is 1. The van der Waals surface area contributed by atoms with Gasteiger partial charge in [-0.05, 0) is 24.3 Å². The maximum atomic E-state index is 13.3. The molecular formula is C31H43N3O4. The molecule has 1 unspecified atom stereocenters. The Balaban J connectivity index is 1.53. The molecule has 2 aliphatic rings. The Kier molecular flexibility index (Phi) is 8.46. The van der Waals surface area contributed by atoms with Crippen molar-refractivity contribution in [2.75, 3.05) is 27.2 Å². The molecule has 38 heavy (non-hydrogen) atoms. The van der Waals surface area contributed by atoms with Crippen molar-refractivity contribution in [1.82, 2.24) is 14.4 Å². The van der Waals surface area contributed by atoms with Crippen molar-refractivity contribution in [3.63, 3.8) is 0 Å². The van der Waals surface area contributed by atoms with Crippen LogP contribution in [0.15, 0.2) is 47.4 Å². The normalized spacial score (nSPS) is 21.8. The van der Waals surface area contributed by atoms with Crippen LogP contribution in [0.25, 0.3) is 11.1 Å². The van der Waals surface area contributed by atoms with Crippen LogP contribution in [-0.4, -0.2) is 64.1 Å². The van der Waals surface area contributed by atoms with Gasteiger partial charge in [0, 0.05) is 56.8 Å². The number of rotatable bonds is 7. The number of benzene rings is 1. The van der Waals surface area contributed by atoms with Gasteiger partial charge in [-0.2, -0.15) is 0 Å². The molecule has 4 rings (SSSR count). The van der Waals surface area contributed by atoms with Crippen LogP contribution in [0.5, 0.6) is 0 Å². The number of carbonyl (C=O) groups is 2. The van der Waals surface area contributed by atoms with Crippen LogP contribution >= 0.6 is 0 Å². The molecule has 2 fully saturated rings. The minimum absolute atomic E-state index is 0.0612. The highest BCUT2D eigenvalue weighted by Gasteiger charge is 2.49. The quantitative estimate of drug-likeness (QED) is 0.579. The van der Waals surface area contributed by atoms with Crippen molar-refractivity contribution in [1.29, 1.82) is 0 Å². The van der Waals surface area contributed by atoms with E-state index in [-0.39, 0.29) is 23.9 Å². The van der Waals surface area contributed by atoms with Gasteiger partial charge in [0.15, 0.2) is 0 Å². The molecule has 1 atom stereocenters. The van der Waals surface area contributed by atoms with E-state index in [2.05, 4.69) is 0 Å². The Labute approximate surface area is 226 Å². The van der Waals surface area contributed by atoms with Gasteiger partial charge < -0.3 is 19.5 Å². The van der Waals surface area contributed by atoms with Gasteiger partial charge >= 0.3 is 0 Å². The summed E-state index contributed by atoms with van der Waals surface area (Å²) in [7, 11) is 3.37. The molecule has 0 spiro atoms. The number of hydrogen-bond donors (Lipinski definition) is 1. The Morgan fingerprint density at radius 3 is 2.39 bits per heavy atom. The molecule has 206 valence electrons. The smallest absolute Gasteiger partial charge is 0.255 e. The lowest BCUT2D eigenvalue weighted by atomic mass is 9.69. The number of aromatic nitrogens is 1. The topological polar surface area (TPSA) is 82.8 Å². The van der Waals surface area contributed by atoms with Gasteiger partial charge in [-0.25, -0.2) is 0 Å². The lowest BCUT2D eigenvalue weighted by Crippen LogP contribution is -2.60. The fourth-order valence-corrected chi connectivity index (χ4v) is 6.08. The highest BCUT2D eigenvalue weighted by molar-refractivity contribution is 6.00. The van der Waals surface area contributed by atoms with Gasteiger partial charge in [-0.3, -0.25) is 14.4 Å². The zero-order valence-electron chi connectivity index (χ0n) is 23.4. The number of pyridine rings is 1. The van der Waals surface area contributed by atoms with Crippen LogP contribution in [0.4, 0.5) is 0 Å². The number of aliphatic hydroxyl groups is 1. The summed E-state index contributed by atoms with van der Waals surface area (Å²) >= 11 is 0. The molecular weight excluding hydrogens is 478 g/mol. The van der Waals surface area contributed by atoms with Crippen LogP contribution in [0.2, 0.25) is 0 Å². The van der Waals surface area contributed by atoms with Crippen molar-refractivity contribution in [2.24, 2.45) is 11.3 Å². The first-order valence-corrected chi connectivity index (χ1v) is 14.0. The van der Waals surface area contributed by atoms with Gasteiger partial charge in [0.05, 0.1) is 17.7 Å². The van der Waals surface area contributed by atoms with E-state index in [1.165, 1.54) is 47.6 Å². The number of amides is 2. The molecule has 0 bridgehead atoms. The van der Waals surface area contributed by atoms with Crippen molar-refractivity contribution in [3.05, 3.63) is 58.5 Å². The lowest BCUT2D eigenvalue weighted by Gasteiger charge is -2.50. The van der Waals surface area contributed by atoms with E-state index in [1.54, 1.807) is 20.3 Å². The third-order valence-corrected chi connectivity index (χ3v) is 8.76. The van der Waals surface area contributed by atoms with E-state index >= 15 is 0 Å². The Hall–Kier alpha value is -2.93. The number of likely N-dealkylation sites (tertiary alicyclic amines) is 1. The number of nitrogens with zero attached hydrogens (tertiary/aromatic N) is 3. The minimum atomic E-state index is -1.20. The van der Waals surface area contributed by atoms with Crippen molar-refractivity contribution in [3.8, 4) is 11.1 Å². The van der Waals surface area contributed by atoms with Crippen molar-refractivity contribution >= 4 is 11.8 Å². The highest BCUT2D eigenvalue weighted by atomic mass is 16.3. The van der Waals surface area contributed by atoms with E-state index in [1.807, 2.05) is 49.1 Å². The minimum Gasteiger partial charge on any atom is -0.387 e. The molecule has 7 nitrogen and oxygen atoms in total. The maximum Gasteiger partial charge on any atom is 0.255 e. The summed E-state index contributed by atoms with van der Waals surface area (Å²) in [6.07, 6.45) is 9.80. The van der Waals surface area contributed by atoms with Crippen LogP contribution in [0.3, 0.4) is 0 Å². The van der Waals surface area contributed by atoms with Gasteiger partial charge in [-0.15, -0.1) is 0 Å². The highest BCUT2D eigenvalue weighted by Crippen LogP contribution is 2.40. The second-order valence-corrected chi connectivity index (χ2v) is 12.2. The van der Waals surface area contributed by atoms with E-state index in [0.29, 0.717) is 43.0 Å². The fourth-order valence-electron chi connectivity index (χ4n) is 6.08. The SMILES string of the molecule is CN(C)C(=O)c1cn(CC2(O)CCN(C(=O)CCC3CCCCC3)CC2(C)C)c(=O)cc1-c1ccccc1. The molecule has 1 N–H and O–H groups in total. The Morgan fingerprint density at radius 1 is 1.08 bits per heavy atom. The van der Waals surface area contributed by atoms with Crippen LogP contribution < -0.4 is 5.56 Å². The Bertz CT molecular complexity index is 1200. The van der Waals surface area contributed by atoms with E-state index in [4.69, 9.17) is 0 Å². The molecule has 1 aliphatic heterocycles. The number of carbonyl (C=O) groups excluding carboxylic acids is 2. The maximum absolute atomic E-state index is 13.3. The summed E-state index contributed by atoms with van der Waals surface area (Å²) in [5.41, 5.74) is -0.318. The standard InChI is InChI=1S/C31H43N3O4/c1-30(2)21-33(27(35)16-15-23-11-7-5-8-12-23)18-17-31(30,38)22-34-20-26(29(37)32(3)4)25(19-28(34)36)24-13-9-6-10-14-24/h6,9-10,13-14,19-20,23,38H,5,7-8,11-12,15-18,21-22H2,1-4H3. The molecule has 2 heterocycles. The fraction of sp³-hybridized carbons (Fsp3) is 0.581. The Morgan fingerprint density at radius 2 is 1.76 bits per heavy atom. The van der Waals surface area contributed by atoms with Crippen molar-refractivity contribution < 1.29 is 14.7 Å². The van der Waals surface area contributed by atoms with Crippen LogP contribution in [-0.2, 0) is 11.3 Å². The predicted molar refractivity (Wildman–Crippen MR) is 150 cm³/mol.